The molecule has 0 aliphatic carbocycles. The molecule has 1 aromatic carbocycles. The summed E-state index contributed by atoms with van der Waals surface area (Å²) < 4.78 is 11.9. The number of unbranched alkanes of at least 4 members (excludes halogenated alkanes) is 5. The molecule has 0 spiro atoms. The summed E-state index contributed by atoms with van der Waals surface area (Å²) in [6.45, 7) is 20.5. The number of benzene rings is 1. The smallest absolute Gasteiger partial charge is 0.312 e. The Hall–Kier alpha value is -1.45. The number of hydrazine groups is 1. The van der Waals surface area contributed by atoms with E-state index in [1.165, 1.54) is 0 Å². The van der Waals surface area contributed by atoms with E-state index < -0.39 is 5.41 Å². The van der Waals surface area contributed by atoms with Gasteiger partial charge in [0.25, 0.3) is 0 Å². The molecular weight excluding hydrogens is 651 g/mol. The molecule has 246 valence electrons. The molecule has 0 amide bonds. The summed E-state index contributed by atoms with van der Waals surface area (Å²) >= 11 is 2.38. The Balaban J connectivity index is 2.32. The first kappa shape index (κ1) is 39.6. The monoisotopic (exact) mass is 712 g/mol. The van der Waals surface area contributed by atoms with E-state index in [4.69, 9.17) is 9.47 Å². The molecule has 0 aromatic heterocycles. The van der Waals surface area contributed by atoms with E-state index in [2.05, 4.69) is 95.8 Å². The van der Waals surface area contributed by atoms with Gasteiger partial charge in [0.1, 0.15) is 5.75 Å². The van der Waals surface area contributed by atoms with Gasteiger partial charge in [-0.1, -0.05) is 108 Å². The molecule has 0 saturated carbocycles. The third-order valence-corrected chi connectivity index (χ3v) is 9.46. The van der Waals surface area contributed by atoms with Crippen LogP contribution in [0.3, 0.4) is 0 Å². The van der Waals surface area contributed by atoms with Gasteiger partial charge < -0.3 is 9.47 Å². The lowest BCUT2D eigenvalue weighted by Gasteiger charge is -2.48. The van der Waals surface area contributed by atoms with E-state index in [1.807, 2.05) is 37.4 Å². The van der Waals surface area contributed by atoms with Gasteiger partial charge in [-0.15, -0.1) is 0 Å². The van der Waals surface area contributed by atoms with Gasteiger partial charge >= 0.3 is 5.97 Å². The Morgan fingerprint density at radius 3 is 1.98 bits per heavy atom. The highest BCUT2D eigenvalue weighted by molar-refractivity contribution is 14.1. The number of esters is 1. The van der Waals surface area contributed by atoms with Crippen molar-refractivity contribution >= 4 is 40.4 Å². The number of nitrogens with one attached hydrogen (secondary N) is 2. The Labute approximate surface area is 277 Å². The van der Waals surface area contributed by atoms with E-state index in [1.54, 1.807) is 6.08 Å². The molecule has 43 heavy (non-hydrogen) atoms. The molecule has 0 aliphatic rings. The largest absolute Gasteiger partial charge is 0.494 e. The topological polar surface area (TPSA) is 76.7 Å². The van der Waals surface area contributed by atoms with E-state index >= 15 is 0 Å². The maximum atomic E-state index is 13.5. The van der Waals surface area contributed by atoms with E-state index in [9.17, 15) is 9.59 Å². The van der Waals surface area contributed by atoms with Crippen LogP contribution in [-0.2, 0) is 14.3 Å². The zero-order valence-corrected chi connectivity index (χ0v) is 31.0. The molecule has 2 N–H and O–H groups in total. The summed E-state index contributed by atoms with van der Waals surface area (Å²) in [6.07, 6.45) is 12.0. The van der Waals surface area contributed by atoms with Crippen molar-refractivity contribution in [3.05, 3.63) is 35.9 Å². The first-order valence-corrected chi connectivity index (χ1v) is 17.3. The van der Waals surface area contributed by atoms with Crippen molar-refractivity contribution in [3.63, 3.8) is 0 Å². The Kier molecular flexibility index (Phi) is 17.0. The lowest BCUT2D eigenvalue weighted by molar-refractivity contribution is -0.168. The highest BCUT2D eigenvalue weighted by Crippen LogP contribution is 2.50. The molecule has 1 atom stereocenters. The van der Waals surface area contributed by atoms with Gasteiger partial charge in [0.05, 0.1) is 18.6 Å². The van der Waals surface area contributed by atoms with Crippen molar-refractivity contribution < 1.29 is 19.1 Å². The fourth-order valence-corrected chi connectivity index (χ4v) is 5.53. The highest BCUT2D eigenvalue weighted by Gasteiger charge is 2.52. The van der Waals surface area contributed by atoms with Gasteiger partial charge in [-0.05, 0) is 88.6 Å². The quantitative estimate of drug-likeness (QED) is 0.0312. The van der Waals surface area contributed by atoms with Crippen LogP contribution in [0.2, 0.25) is 0 Å². The maximum Gasteiger partial charge on any atom is 0.312 e. The zero-order valence-electron chi connectivity index (χ0n) is 28.8. The van der Waals surface area contributed by atoms with Crippen LogP contribution in [0.5, 0.6) is 5.75 Å². The molecule has 0 aliphatic heterocycles. The predicted octanol–water partition coefficient (Wildman–Crippen LogP) is 9.11. The minimum absolute atomic E-state index is 0.0947. The molecular formula is C36H61IN2O4. The zero-order chi connectivity index (χ0) is 32.7. The van der Waals surface area contributed by atoms with Crippen LogP contribution in [0.1, 0.15) is 126 Å². The molecule has 7 heteroatoms. The molecule has 6 nitrogen and oxygen atoms in total. The van der Waals surface area contributed by atoms with Crippen molar-refractivity contribution in [2.75, 3.05) is 20.3 Å². The van der Waals surface area contributed by atoms with Crippen molar-refractivity contribution in [2.45, 2.75) is 129 Å². The van der Waals surface area contributed by atoms with Crippen LogP contribution >= 0.6 is 22.6 Å². The molecule has 1 aromatic rings. The van der Waals surface area contributed by atoms with Gasteiger partial charge in [-0.2, -0.15) is 0 Å². The van der Waals surface area contributed by atoms with Gasteiger partial charge in [0, 0.05) is 15.4 Å². The van der Waals surface area contributed by atoms with Crippen LogP contribution in [0, 0.1) is 16.7 Å². The number of hydrogen-bond donors (Lipinski definition) is 2. The van der Waals surface area contributed by atoms with Gasteiger partial charge in [-0.3, -0.25) is 20.4 Å². The Morgan fingerprint density at radius 1 is 0.884 bits per heavy atom. The van der Waals surface area contributed by atoms with E-state index in [0.29, 0.717) is 32.0 Å². The number of ketones is 1. The van der Waals surface area contributed by atoms with Crippen LogP contribution in [0.4, 0.5) is 0 Å². The van der Waals surface area contributed by atoms with Gasteiger partial charge in [0.15, 0.2) is 5.78 Å². The summed E-state index contributed by atoms with van der Waals surface area (Å²) in [4.78, 5) is 25.5. The highest BCUT2D eigenvalue weighted by atomic mass is 127. The molecule has 0 saturated heterocycles. The number of allylic oxidation sites excluding steroid dienone is 1. The third kappa shape index (κ3) is 14.9. The fraction of sp³-hybridized carbons (Fsp3) is 0.722. The lowest BCUT2D eigenvalue weighted by atomic mass is 9.57. The van der Waals surface area contributed by atoms with E-state index in [0.717, 1.165) is 56.3 Å². The maximum absolute atomic E-state index is 13.5. The third-order valence-electron chi connectivity index (χ3n) is 8.92. The van der Waals surface area contributed by atoms with Crippen molar-refractivity contribution in [1.82, 2.24) is 10.9 Å². The summed E-state index contributed by atoms with van der Waals surface area (Å²) in [5, 5.41) is 0. The van der Waals surface area contributed by atoms with Gasteiger partial charge in [-0.25, -0.2) is 0 Å². The number of hydrogen-bond acceptors (Lipinski definition) is 6. The molecule has 0 bridgehead atoms. The van der Waals surface area contributed by atoms with Crippen LogP contribution in [0.25, 0.3) is 6.08 Å². The molecule has 0 fully saturated rings. The standard InChI is InChI=1S/C36H61IN2O4/c1-28(2)35(7,8)36(9,27-34(5,6)39-38-10)32(41)43-26-16-14-12-11-13-15-25-42-31-21-18-29(19-22-31)17-20-30(40)23-24-33(3,4)37/h17-22,28,38-39H,11-16,23-27H2,1-10H3/b20-17+. The van der Waals surface area contributed by atoms with Gasteiger partial charge in [0.2, 0.25) is 0 Å². The number of rotatable bonds is 22. The second-order valence-corrected chi connectivity index (χ2v) is 17.3. The number of halogens is 1. The van der Waals surface area contributed by atoms with Crippen LogP contribution < -0.4 is 15.6 Å². The second-order valence-electron chi connectivity index (χ2n) is 14.3. The lowest BCUT2D eigenvalue weighted by Crippen LogP contribution is -2.55. The summed E-state index contributed by atoms with van der Waals surface area (Å²) in [7, 11) is 1.86. The van der Waals surface area contributed by atoms with Crippen molar-refractivity contribution in [2.24, 2.45) is 16.7 Å². The van der Waals surface area contributed by atoms with Crippen molar-refractivity contribution in [3.8, 4) is 5.75 Å². The first-order chi connectivity index (χ1) is 19.9. The molecule has 1 rings (SSSR count). The fourth-order valence-electron chi connectivity index (χ4n) is 5.26. The molecule has 1 unspecified atom stereocenters. The van der Waals surface area contributed by atoms with E-state index in [-0.39, 0.29) is 26.1 Å². The average Bonchev–Trinajstić information content (AvgIpc) is 2.91. The number of carbonyl (C=O) groups is 2. The summed E-state index contributed by atoms with van der Waals surface area (Å²) in [5.74, 6) is 1.26. The predicted molar refractivity (Wildman–Crippen MR) is 190 cm³/mol. The minimum Gasteiger partial charge on any atom is -0.494 e. The van der Waals surface area contributed by atoms with Crippen LogP contribution in [-0.4, -0.2) is 41.0 Å². The average molecular weight is 713 g/mol. The Morgan fingerprint density at radius 2 is 1.44 bits per heavy atom. The number of alkyl halides is 1. The molecule has 0 radical (unpaired) electrons. The normalized spacial score (nSPS) is 14.2. The number of ether oxygens (including phenoxy) is 2. The Bertz CT molecular complexity index is 995. The minimum atomic E-state index is -0.615. The first-order valence-electron chi connectivity index (χ1n) is 16.2. The van der Waals surface area contributed by atoms with Crippen LogP contribution in [0.15, 0.2) is 30.3 Å². The van der Waals surface area contributed by atoms with Crippen molar-refractivity contribution in [1.29, 1.82) is 0 Å². The second kappa shape index (κ2) is 18.5. The summed E-state index contributed by atoms with van der Waals surface area (Å²) in [5.41, 5.74) is 6.24. The summed E-state index contributed by atoms with van der Waals surface area (Å²) in [6, 6.07) is 7.90. The SMILES string of the molecule is CNNC(C)(C)CC(C)(C(=O)OCCCCCCCCOc1ccc(/C=C/C(=O)CCC(C)(C)I)cc1)C(C)(C)C(C)C. The molecule has 0 heterocycles. The number of carbonyl (C=O) groups excluding carboxylic acids is 2.